The molecule has 8 heteroatoms. The largest absolute Gasteiger partial charge is 0.376 e. The van der Waals surface area contributed by atoms with Crippen molar-refractivity contribution < 1.29 is 23.9 Å². The predicted octanol–water partition coefficient (Wildman–Crippen LogP) is 1.96. The zero-order valence-electron chi connectivity index (χ0n) is 16.1. The Hall–Kier alpha value is -3.52. The summed E-state index contributed by atoms with van der Waals surface area (Å²) in [5, 5.41) is 5.48. The first kappa shape index (κ1) is 18.5. The lowest BCUT2D eigenvalue weighted by molar-refractivity contribution is 0.0475. The van der Waals surface area contributed by atoms with Gasteiger partial charge >= 0.3 is 0 Å². The lowest BCUT2D eigenvalue weighted by Crippen LogP contribution is -2.36. The molecule has 2 N–H and O–H groups in total. The molecule has 3 heterocycles. The van der Waals surface area contributed by atoms with Crippen LogP contribution in [0.5, 0.6) is 0 Å². The molecule has 2 aromatic rings. The summed E-state index contributed by atoms with van der Waals surface area (Å²) in [4.78, 5) is 51.1. The van der Waals surface area contributed by atoms with Crippen molar-refractivity contribution in [1.82, 2.24) is 10.2 Å². The summed E-state index contributed by atoms with van der Waals surface area (Å²) in [7, 11) is 0. The number of amides is 4. The molecule has 0 aromatic heterocycles. The molecule has 1 saturated heterocycles. The van der Waals surface area contributed by atoms with E-state index in [0.717, 1.165) is 18.4 Å². The molecular weight excluding hydrogens is 386 g/mol. The predicted molar refractivity (Wildman–Crippen MR) is 106 cm³/mol. The summed E-state index contributed by atoms with van der Waals surface area (Å²) < 4.78 is 5.54. The van der Waals surface area contributed by atoms with Gasteiger partial charge in [-0.1, -0.05) is 6.07 Å². The quantitative estimate of drug-likeness (QED) is 0.757. The average Bonchev–Trinajstić information content (AvgIpc) is 3.45. The van der Waals surface area contributed by atoms with Gasteiger partial charge in [0.05, 0.1) is 23.8 Å². The molecule has 3 aliphatic heterocycles. The van der Waals surface area contributed by atoms with Gasteiger partial charge in [-0.05, 0) is 48.7 Å². The van der Waals surface area contributed by atoms with Crippen LogP contribution < -0.4 is 10.6 Å². The van der Waals surface area contributed by atoms with Crippen LogP contribution in [0.25, 0.3) is 0 Å². The number of ether oxygens (including phenoxy) is 1. The number of nitrogens with zero attached hydrogens (tertiary/aromatic N) is 1. The van der Waals surface area contributed by atoms with Crippen molar-refractivity contribution in [3.8, 4) is 0 Å². The van der Waals surface area contributed by atoms with Crippen molar-refractivity contribution >= 4 is 29.3 Å². The van der Waals surface area contributed by atoms with E-state index >= 15 is 0 Å². The van der Waals surface area contributed by atoms with E-state index in [1.807, 2.05) is 0 Å². The van der Waals surface area contributed by atoms with Crippen molar-refractivity contribution in [2.75, 3.05) is 18.5 Å². The number of rotatable bonds is 4. The van der Waals surface area contributed by atoms with Crippen molar-refractivity contribution in [2.45, 2.75) is 25.5 Å². The number of imide groups is 1. The van der Waals surface area contributed by atoms with Crippen LogP contribution in [0.2, 0.25) is 0 Å². The Morgan fingerprint density at radius 1 is 1.07 bits per heavy atom. The van der Waals surface area contributed by atoms with Crippen molar-refractivity contribution in [2.24, 2.45) is 0 Å². The third-order valence-corrected chi connectivity index (χ3v) is 5.69. The zero-order chi connectivity index (χ0) is 20.8. The Morgan fingerprint density at radius 3 is 2.70 bits per heavy atom. The van der Waals surface area contributed by atoms with Crippen molar-refractivity contribution in [1.29, 1.82) is 0 Å². The minimum absolute atomic E-state index is 0.132. The maximum Gasteiger partial charge on any atom is 0.261 e. The standard InChI is InChI=1S/C22H19N3O5/c26-19(24-14-5-3-13-10-23-20(27)17(13)9-14)12-4-6-16-18(8-12)22(29)25(21(16)28)11-15-2-1-7-30-15/h3-6,8-9,15H,1-2,7,10-11H2,(H,23,27)(H,24,26). The summed E-state index contributed by atoms with van der Waals surface area (Å²) in [6.07, 6.45) is 1.61. The number of carbonyl (C=O) groups excluding carboxylic acids is 4. The third kappa shape index (κ3) is 3.05. The Labute approximate surface area is 172 Å². The fraction of sp³-hybridized carbons (Fsp3) is 0.273. The normalized spacial score (nSPS) is 19.7. The summed E-state index contributed by atoms with van der Waals surface area (Å²) in [5.41, 5.74) is 2.68. The van der Waals surface area contributed by atoms with Gasteiger partial charge in [-0.25, -0.2) is 0 Å². The second-order valence-corrected chi connectivity index (χ2v) is 7.63. The smallest absolute Gasteiger partial charge is 0.261 e. The molecule has 8 nitrogen and oxygen atoms in total. The molecule has 0 aliphatic carbocycles. The van der Waals surface area contributed by atoms with E-state index in [9.17, 15) is 19.2 Å². The second kappa shape index (κ2) is 7.07. The van der Waals surface area contributed by atoms with Crippen LogP contribution in [0.1, 0.15) is 59.8 Å². The molecule has 1 atom stereocenters. The highest BCUT2D eigenvalue weighted by Gasteiger charge is 2.38. The van der Waals surface area contributed by atoms with Crippen molar-refractivity contribution in [3.63, 3.8) is 0 Å². The molecule has 1 unspecified atom stereocenters. The van der Waals surface area contributed by atoms with Crippen LogP contribution in [0.4, 0.5) is 5.69 Å². The lowest BCUT2D eigenvalue weighted by atomic mass is 10.0. The van der Waals surface area contributed by atoms with Crippen LogP contribution in [-0.4, -0.2) is 47.8 Å². The first-order valence-corrected chi connectivity index (χ1v) is 9.85. The molecule has 3 aliphatic rings. The van der Waals surface area contributed by atoms with E-state index in [1.165, 1.54) is 23.1 Å². The number of fused-ring (bicyclic) bond motifs is 2. The van der Waals surface area contributed by atoms with E-state index in [4.69, 9.17) is 4.74 Å². The van der Waals surface area contributed by atoms with E-state index in [0.29, 0.717) is 30.0 Å². The molecule has 152 valence electrons. The monoisotopic (exact) mass is 405 g/mol. The van der Waals surface area contributed by atoms with Gasteiger partial charge in [-0.2, -0.15) is 0 Å². The summed E-state index contributed by atoms with van der Waals surface area (Å²) in [5.74, 6) is -1.36. The van der Waals surface area contributed by atoms with Crippen LogP contribution in [-0.2, 0) is 11.3 Å². The van der Waals surface area contributed by atoms with Gasteiger partial charge in [0.2, 0.25) is 0 Å². The van der Waals surface area contributed by atoms with Gasteiger partial charge in [0, 0.05) is 30.0 Å². The Kier molecular flexibility index (Phi) is 4.36. The fourth-order valence-corrected chi connectivity index (χ4v) is 4.08. The molecular formula is C22H19N3O5. The van der Waals surface area contributed by atoms with Gasteiger partial charge < -0.3 is 15.4 Å². The third-order valence-electron chi connectivity index (χ3n) is 5.69. The molecule has 2 aromatic carbocycles. The fourth-order valence-electron chi connectivity index (χ4n) is 4.08. The van der Waals surface area contributed by atoms with Crippen LogP contribution in [0.15, 0.2) is 36.4 Å². The number of carbonyl (C=O) groups is 4. The number of nitrogens with one attached hydrogen (secondary N) is 2. The molecule has 0 spiro atoms. The highest BCUT2D eigenvalue weighted by Crippen LogP contribution is 2.27. The number of anilines is 1. The van der Waals surface area contributed by atoms with Crippen LogP contribution >= 0.6 is 0 Å². The maximum absolute atomic E-state index is 12.8. The van der Waals surface area contributed by atoms with Crippen LogP contribution in [0.3, 0.4) is 0 Å². The minimum atomic E-state index is -0.422. The topological polar surface area (TPSA) is 105 Å². The SMILES string of the molecule is O=C(Nc1ccc2c(c1)C(=O)NC2)c1ccc2c(c1)C(=O)N(CC1CCCO1)C2=O. The molecule has 0 saturated carbocycles. The highest BCUT2D eigenvalue weighted by atomic mass is 16.5. The summed E-state index contributed by atoms with van der Waals surface area (Å²) in [6.45, 7) is 1.35. The molecule has 0 radical (unpaired) electrons. The number of hydrogen-bond acceptors (Lipinski definition) is 5. The molecule has 5 rings (SSSR count). The average molecular weight is 405 g/mol. The Bertz CT molecular complexity index is 1100. The van der Waals surface area contributed by atoms with Gasteiger partial charge in [-0.3, -0.25) is 24.1 Å². The van der Waals surface area contributed by atoms with Gasteiger partial charge in [0.15, 0.2) is 0 Å². The first-order chi connectivity index (χ1) is 14.5. The van der Waals surface area contributed by atoms with Gasteiger partial charge in [0.25, 0.3) is 23.6 Å². The Balaban J connectivity index is 1.35. The Morgan fingerprint density at radius 2 is 1.90 bits per heavy atom. The van der Waals surface area contributed by atoms with E-state index in [1.54, 1.807) is 18.2 Å². The van der Waals surface area contributed by atoms with Gasteiger partial charge in [0.1, 0.15) is 0 Å². The second-order valence-electron chi connectivity index (χ2n) is 7.63. The molecule has 1 fully saturated rings. The van der Waals surface area contributed by atoms with E-state index in [-0.39, 0.29) is 35.6 Å². The molecule has 30 heavy (non-hydrogen) atoms. The maximum atomic E-state index is 12.8. The minimum Gasteiger partial charge on any atom is -0.376 e. The highest BCUT2D eigenvalue weighted by molar-refractivity contribution is 6.22. The summed E-state index contributed by atoms with van der Waals surface area (Å²) in [6, 6.07) is 9.62. The zero-order valence-corrected chi connectivity index (χ0v) is 16.1. The first-order valence-electron chi connectivity index (χ1n) is 9.85. The lowest BCUT2D eigenvalue weighted by Gasteiger charge is -2.17. The number of benzene rings is 2. The van der Waals surface area contributed by atoms with Crippen LogP contribution in [0, 0.1) is 0 Å². The molecule has 4 amide bonds. The number of hydrogen-bond donors (Lipinski definition) is 2. The summed E-state index contributed by atoms with van der Waals surface area (Å²) >= 11 is 0. The van der Waals surface area contributed by atoms with Gasteiger partial charge in [-0.15, -0.1) is 0 Å². The van der Waals surface area contributed by atoms with Crippen molar-refractivity contribution in [3.05, 3.63) is 64.2 Å². The molecule has 0 bridgehead atoms. The van der Waals surface area contributed by atoms with E-state index in [2.05, 4.69) is 10.6 Å². The van der Waals surface area contributed by atoms with E-state index < -0.39 is 11.8 Å².